The van der Waals surface area contributed by atoms with Gasteiger partial charge in [0.2, 0.25) is 0 Å². The molecule has 1 N–H and O–H groups in total. The second-order valence-corrected chi connectivity index (χ2v) is 4.03. The first-order valence-corrected chi connectivity index (χ1v) is 6.81. The number of unbranched alkanes of at least 4 members (excludes halogenated alkanes) is 5. The molecule has 1 nitrogen and oxygen atoms in total. The molecule has 0 rings (SSSR count). The fourth-order valence-corrected chi connectivity index (χ4v) is 1.41. The van der Waals surface area contributed by atoms with E-state index in [-0.39, 0.29) is 6.61 Å². The van der Waals surface area contributed by atoms with Gasteiger partial charge in [0.1, 0.15) is 0 Å². The van der Waals surface area contributed by atoms with Crippen LogP contribution in [-0.4, -0.2) is 11.7 Å². The summed E-state index contributed by atoms with van der Waals surface area (Å²) in [6.45, 7) is 2.27. The van der Waals surface area contributed by atoms with Crippen molar-refractivity contribution in [1.82, 2.24) is 0 Å². The van der Waals surface area contributed by atoms with Crippen LogP contribution in [0.15, 0.2) is 24.3 Å². The molecule has 0 aliphatic carbocycles. The van der Waals surface area contributed by atoms with E-state index in [2.05, 4.69) is 42.8 Å². The van der Waals surface area contributed by atoms with E-state index in [0.29, 0.717) is 0 Å². The lowest BCUT2D eigenvalue weighted by molar-refractivity contribution is 0.343. The molecule has 0 amide bonds. The maximum absolute atomic E-state index is 8.46. The summed E-state index contributed by atoms with van der Waals surface area (Å²) in [5.74, 6) is 11.2. The molecule has 0 aromatic rings. The minimum absolute atomic E-state index is 0.0309. The molecule has 0 aliphatic rings. The van der Waals surface area contributed by atoms with Gasteiger partial charge in [-0.3, -0.25) is 0 Å². The first-order valence-electron chi connectivity index (χ1n) is 6.81. The Morgan fingerprint density at radius 1 is 0.944 bits per heavy atom. The number of aliphatic hydroxyl groups is 1. The van der Waals surface area contributed by atoms with Crippen LogP contribution in [0.2, 0.25) is 0 Å². The molecule has 0 atom stereocenters. The van der Waals surface area contributed by atoms with E-state index < -0.39 is 0 Å². The zero-order valence-electron chi connectivity index (χ0n) is 11.4. The highest BCUT2D eigenvalue weighted by Crippen LogP contribution is 2.05. The Balaban J connectivity index is 3.44. The van der Waals surface area contributed by atoms with E-state index in [1.54, 1.807) is 12.2 Å². The standard InChI is InChI=1S/C17H24O/c1-2-3-4-5-6-7-8-9-10-11-12-13-14-15-16-17-18/h8-9,15-16,18H,2-7,10,17H2,1H3/b9-8-,16-15-. The van der Waals surface area contributed by atoms with Gasteiger partial charge in [-0.05, 0) is 30.8 Å². The molecule has 0 bridgehead atoms. The molecule has 0 spiro atoms. The van der Waals surface area contributed by atoms with Crippen LogP contribution in [0.25, 0.3) is 0 Å². The maximum Gasteiger partial charge on any atom is 0.0621 e. The van der Waals surface area contributed by atoms with Gasteiger partial charge in [0, 0.05) is 6.42 Å². The summed E-state index contributed by atoms with van der Waals surface area (Å²) in [6.07, 6.45) is 16.1. The molecule has 0 saturated carbocycles. The van der Waals surface area contributed by atoms with Gasteiger partial charge < -0.3 is 5.11 Å². The lowest BCUT2D eigenvalue weighted by Gasteiger charge is -1.95. The zero-order valence-corrected chi connectivity index (χ0v) is 11.4. The van der Waals surface area contributed by atoms with Crippen molar-refractivity contribution in [2.45, 2.75) is 51.9 Å². The molecule has 98 valence electrons. The summed E-state index contributed by atoms with van der Waals surface area (Å²) in [5, 5.41) is 8.46. The Hall–Kier alpha value is -1.44. The molecule has 18 heavy (non-hydrogen) atoms. The largest absolute Gasteiger partial charge is 0.392 e. The predicted molar refractivity (Wildman–Crippen MR) is 78.9 cm³/mol. The SMILES string of the molecule is CCCCCCC/C=C\CC#CC#C/C=C\CO. The first kappa shape index (κ1) is 16.6. The maximum atomic E-state index is 8.46. The van der Waals surface area contributed by atoms with Gasteiger partial charge in [-0.25, -0.2) is 0 Å². The first-order chi connectivity index (χ1) is 8.91. The summed E-state index contributed by atoms with van der Waals surface area (Å²) < 4.78 is 0. The molecule has 0 aliphatic heterocycles. The summed E-state index contributed by atoms with van der Waals surface area (Å²) in [6, 6.07) is 0. The second-order valence-electron chi connectivity index (χ2n) is 4.03. The molecule has 0 unspecified atom stereocenters. The Labute approximate surface area is 112 Å². The summed E-state index contributed by atoms with van der Waals surface area (Å²) >= 11 is 0. The fourth-order valence-electron chi connectivity index (χ4n) is 1.41. The van der Waals surface area contributed by atoms with Crippen LogP contribution < -0.4 is 0 Å². The van der Waals surface area contributed by atoms with Crippen molar-refractivity contribution in [3.63, 3.8) is 0 Å². The Kier molecular flexibility index (Phi) is 14.3. The van der Waals surface area contributed by atoms with Crippen molar-refractivity contribution >= 4 is 0 Å². The average Bonchev–Trinajstić information content (AvgIpc) is 2.39. The number of allylic oxidation sites excluding steroid dienone is 3. The minimum atomic E-state index is 0.0309. The van der Waals surface area contributed by atoms with Crippen LogP contribution in [0.3, 0.4) is 0 Å². The van der Waals surface area contributed by atoms with E-state index in [0.717, 1.165) is 12.8 Å². The van der Waals surface area contributed by atoms with Crippen LogP contribution in [-0.2, 0) is 0 Å². The van der Waals surface area contributed by atoms with Gasteiger partial charge in [-0.15, -0.1) is 0 Å². The highest BCUT2D eigenvalue weighted by molar-refractivity contribution is 5.31. The molecule has 1 heteroatoms. The molecular weight excluding hydrogens is 220 g/mol. The third-order valence-corrected chi connectivity index (χ3v) is 2.39. The van der Waals surface area contributed by atoms with Crippen LogP contribution in [0.5, 0.6) is 0 Å². The minimum Gasteiger partial charge on any atom is -0.392 e. The predicted octanol–water partition coefficient (Wildman–Crippen LogP) is 3.85. The van der Waals surface area contributed by atoms with Crippen molar-refractivity contribution in [2.75, 3.05) is 6.61 Å². The topological polar surface area (TPSA) is 20.2 Å². The van der Waals surface area contributed by atoms with E-state index in [9.17, 15) is 0 Å². The van der Waals surface area contributed by atoms with Crippen molar-refractivity contribution in [3.8, 4) is 23.7 Å². The number of rotatable bonds is 8. The quantitative estimate of drug-likeness (QED) is 0.390. The highest BCUT2D eigenvalue weighted by Gasteiger charge is 1.85. The number of hydrogen-bond donors (Lipinski definition) is 1. The summed E-state index contributed by atoms with van der Waals surface area (Å²) in [5.41, 5.74) is 0. The van der Waals surface area contributed by atoms with Gasteiger partial charge in [-0.2, -0.15) is 0 Å². The van der Waals surface area contributed by atoms with Crippen LogP contribution in [0.4, 0.5) is 0 Å². The molecule has 0 aromatic carbocycles. The van der Waals surface area contributed by atoms with Gasteiger partial charge in [-0.1, -0.05) is 62.7 Å². The Morgan fingerprint density at radius 3 is 2.56 bits per heavy atom. The van der Waals surface area contributed by atoms with Crippen molar-refractivity contribution in [1.29, 1.82) is 0 Å². The molecule has 0 fully saturated rings. The Bertz CT molecular complexity index is 341. The number of aliphatic hydroxyl groups excluding tert-OH is 1. The van der Waals surface area contributed by atoms with E-state index >= 15 is 0 Å². The van der Waals surface area contributed by atoms with Crippen molar-refractivity contribution in [3.05, 3.63) is 24.3 Å². The fraction of sp³-hybridized carbons (Fsp3) is 0.529. The normalized spacial score (nSPS) is 10.1. The molecule has 0 heterocycles. The molecular formula is C17H24O. The lowest BCUT2D eigenvalue weighted by atomic mass is 10.1. The van der Waals surface area contributed by atoms with Crippen LogP contribution in [0.1, 0.15) is 51.9 Å². The molecule has 0 saturated heterocycles. The third kappa shape index (κ3) is 14.6. The zero-order chi connectivity index (χ0) is 13.3. The van der Waals surface area contributed by atoms with Gasteiger partial charge in [0.15, 0.2) is 0 Å². The smallest absolute Gasteiger partial charge is 0.0621 e. The second kappa shape index (κ2) is 15.6. The monoisotopic (exact) mass is 244 g/mol. The lowest BCUT2D eigenvalue weighted by Crippen LogP contribution is -1.75. The summed E-state index contributed by atoms with van der Waals surface area (Å²) in [4.78, 5) is 0. The van der Waals surface area contributed by atoms with E-state index in [4.69, 9.17) is 5.11 Å². The van der Waals surface area contributed by atoms with Gasteiger partial charge >= 0.3 is 0 Å². The van der Waals surface area contributed by atoms with Crippen molar-refractivity contribution < 1.29 is 5.11 Å². The van der Waals surface area contributed by atoms with Gasteiger partial charge in [0.05, 0.1) is 6.61 Å². The van der Waals surface area contributed by atoms with E-state index in [1.165, 1.54) is 32.1 Å². The van der Waals surface area contributed by atoms with E-state index in [1.807, 2.05) is 0 Å². The van der Waals surface area contributed by atoms with Gasteiger partial charge in [0.25, 0.3) is 0 Å². The summed E-state index contributed by atoms with van der Waals surface area (Å²) in [7, 11) is 0. The van der Waals surface area contributed by atoms with Crippen LogP contribution >= 0.6 is 0 Å². The van der Waals surface area contributed by atoms with Crippen LogP contribution in [0, 0.1) is 23.7 Å². The molecule has 0 aromatic heterocycles. The Morgan fingerprint density at radius 2 is 1.78 bits per heavy atom. The number of hydrogen-bond acceptors (Lipinski definition) is 1. The third-order valence-electron chi connectivity index (χ3n) is 2.39. The molecule has 0 radical (unpaired) electrons. The highest BCUT2D eigenvalue weighted by atomic mass is 16.2. The average molecular weight is 244 g/mol. The van der Waals surface area contributed by atoms with Crippen molar-refractivity contribution in [2.24, 2.45) is 0 Å².